The molecule has 2 heteroatoms. The van der Waals surface area contributed by atoms with Crippen LogP contribution in [-0.2, 0) is 0 Å². The monoisotopic (exact) mass is 292 g/mol. The summed E-state index contributed by atoms with van der Waals surface area (Å²) in [6, 6.07) is 0. The van der Waals surface area contributed by atoms with Crippen LogP contribution >= 0.6 is 0 Å². The van der Waals surface area contributed by atoms with E-state index in [1.807, 2.05) is 6.92 Å². The van der Waals surface area contributed by atoms with Crippen LogP contribution in [-0.4, -0.2) is 22.4 Å². The Bertz CT molecular complexity index is 404. The van der Waals surface area contributed by atoms with Crippen molar-refractivity contribution in [2.24, 2.45) is 47.3 Å². The highest BCUT2D eigenvalue weighted by molar-refractivity contribution is 5.05. The van der Waals surface area contributed by atoms with Crippen molar-refractivity contribution in [1.29, 1.82) is 0 Å². The Morgan fingerprint density at radius 1 is 1.00 bits per heavy atom. The molecule has 0 saturated heterocycles. The predicted octanol–water partition coefficient (Wildman–Crippen LogP) is 3.46. The van der Waals surface area contributed by atoms with E-state index in [1.54, 1.807) is 0 Å². The number of hydrogen-bond donors (Lipinski definition) is 2. The molecule has 9 atom stereocenters. The molecule has 0 radical (unpaired) electrons. The van der Waals surface area contributed by atoms with Crippen LogP contribution in [0.25, 0.3) is 0 Å². The molecule has 0 aromatic rings. The van der Waals surface area contributed by atoms with E-state index in [0.29, 0.717) is 12.5 Å². The molecule has 0 unspecified atom stereocenters. The van der Waals surface area contributed by atoms with Gasteiger partial charge < -0.3 is 10.2 Å². The maximum absolute atomic E-state index is 10.4. The lowest BCUT2D eigenvalue weighted by atomic mass is 9.44. The molecular formula is C19H32O2. The fourth-order valence-electron chi connectivity index (χ4n) is 7.18. The van der Waals surface area contributed by atoms with E-state index in [1.165, 1.54) is 32.1 Å². The molecule has 0 aromatic carbocycles. The molecule has 0 spiro atoms. The van der Waals surface area contributed by atoms with Crippen LogP contribution in [0.5, 0.6) is 0 Å². The van der Waals surface area contributed by atoms with Gasteiger partial charge in [0.25, 0.3) is 0 Å². The summed E-state index contributed by atoms with van der Waals surface area (Å²) in [6.07, 6.45) is 8.75. The van der Waals surface area contributed by atoms with Gasteiger partial charge in [-0.2, -0.15) is 0 Å². The zero-order valence-electron chi connectivity index (χ0n) is 13.7. The number of aliphatic hydroxyl groups is 2. The van der Waals surface area contributed by atoms with Gasteiger partial charge in [-0.1, -0.05) is 6.92 Å². The number of hydrogen-bond acceptors (Lipinski definition) is 2. The van der Waals surface area contributed by atoms with Crippen molar-refractivity contribution in [1.82, 2.24) is 0 Å². The van der Waals surface area contributed by atoms with Crippen molar-refractivity contribution in [3.63, 3.8) is 0 Å². The molecule has 0 heterocycles. The summed E-state index contributed by atoms with van der Waals surface area (Å²) in [6.45, 7) is 4.91. The molecule has 4 saturated carbocycles. The second kappa shape index (κ2) is 4.96. The summed E-state index contributed by atoms with van der Waals surface area (Å²) in [4.78, 5) is 0. The summed E-state index contributed by atoms with van der Waals surface area (Å²) in [7, 11) is 0. The highest BCUT2D eigenvalue weighted by Crippen LogP contribution is 2.63. The quantitative estimate of drug-likeness (QED) is 0.777. The minimum absolute atomic E-state index is 0.394. The fraction of sp³-hybridized carbons (Fsp3) is 1.00. The standard InChI is InChI=1S/C19H32O2/c1-11-7-16-14-5-6-19(2,21)9-12(14)3-4-15(16)17-8-13(10-20)18(11)17/h11-18,20-21H,3-10H2,1-2H3/t11-,12-,13-,14+,15-,16-,17+,18-,19-/m1/s1. The van der Waals surface area contributed by atoms with Crippen molar-refractivity contribution in [3.05, 3.63) is 0 Å². The first-order valence-corrected chi connectivity index (χ1v) is 9.33. The van der Waals surface area contributed by atoms with E-state index in [-0.39, 0.29) is 0 Å². The first kappa shape index (κ1) is 14.5. The third kappa shape index (κ3) is 2.20. The summed E-state index contributed by atoms with van der Waals surface area (Å²) in [5, 5.41) is 20.0. The topological polar surface area (TPSA) is 40.5 Å². The third-order valence-electron chi connectivity index (χ3n) is 7.99. The van der Waals surface area contributed by atoms with Gasteiger partial charge in [0.2, 0.25) is 0 Å². The lowest BCUT2D eigenvalue weighted by molar-refractivity contribution is -0.148. The van der Waals surface area contributed by atoms with Crippen LogP contribution in [0.4, 0.5) is 0 Å². The summed E-state index contributed by atoms with van der Waals surface area (Å²) in [5.74, 6) is 6.69. The van der Waals surface area contributed by atoms with Gasteiger partial charge in [0.05, 0.1) is 5.60 Å². The smallest absolute Gasteiger partial charge is 0.0622 e. The molecule has 4 aliphatic carbocycles. The van der Waals surface area contributed by atoms with E-state index >= 15 is 0 Å². The maximum Gasteiger partial charge on any atom is 0.0622 e. The summed E-state index contributed by atoms with van der Waals surface area (Å²) >= 11 is 0. The molecular weight excluding hydrogens is 260 g/mol. The van der Waals surface area contributed by atoms with Crippen molar-refractivity contribution < 1.29 is 10.2 Å². The summed E-state index contributed by atoms with van der Waals surface area (Å²) in [5.41, 5.74) is -0.394. The largest absolute Gasteiger partial charge is 0.396 e. The van der Waals surface area contributed by atoms with E-state index in [2.05, 4.69) is 6.92 Å². The minimum atomic E-state index is -0.394. The molecule has 2 N–H and O–H groups in total. The maximum atomic E-state index is 10.4. The zero-order chi connectivity index (χ0) is 14.8. The Balaban J connectivity index is 1.52. The van der Waals surface area contributed by atoms with Gasteiger partial charge in [-0.3, -0.25) is 0 Å². The Morgan fingerprint density at radius 2 is 1.81 bits per heavy atom. The van der Waals surface area contributed by atoms with Crippen LogP contribution in [0.15, 0.2) is 0 Å². The Hall–Kier alpha value is -0.0800. The average Bonchev–Trinajstić information content (AvgIpc) is 2.38. The van der Waals surface area contributed by atoms with Gasteiger partial charge in [0.1, 0.15) is 0 Å². The normalized spacial score (nSPS) is 59.4. The van der Waals surface area contributed by atoms with Crippen LogP contribution in [0, 0.1) is 47.3 Å². The Morgan fingerprint density at radius 3 is 2.57 bits per heavy atom. The first-order chi connectivity index (χ1) is 10.00. The van der Waals surface area contributed by atoms with Gasteiger partial charge in [-0.05, 0) is 99.2 Å². The number of rotatable bonds is 1. The van der Waals surface area contributed by atoms with Crippen molar-refractivity contribution in [2.45, 2.75) is 64.4 Å². The Kier molecular flexibility index (Phi) is 3.43. The van der Waals surface area contributed by atoms with Crippen LogP contribution in [0.2, 0.25) is 0 Å². The van der Waals surface area contributed by atoms with E-state index in [4.69, 9.17) is 0 Å². The van der Waals surface area contributed by atoms with Crippen LogP contribution < -0.4 is 0 Å². The molecule has 21 heavy (non-hydrogen) atoms. The van der Waals surface area contributed by atoms with Gasteiger partial charge >= 0.3 is 0 Å². The van der Waals surface area contributed by atoms with Gasteiger partial charge in [0, 0.05) is 6.61 Å². The van der Waals surface area contributed by atoms with Crippen LogP contribution in [0.3, 0.4) is 0 Å². The first-order valence-electron chi connectivity index (χ1n) is 9.33. The molecule has 120 valence electrons. The average molecular weight is 292 g/mol. The van der Waals surface area contributed by atoms with Gasteiger partial charge in [-0.25, -0.2) is 0 Å². The van der Waals surface area contributed by atoms with E-state index in [9.17, 15) is 10.2 Å². The number of fused-ring (bicyclic) bond motifs is 5. The predicted molar refractivity (Wildman–Crippen MR) is 83.6 cm³/mol. The van der Waals surface area contributed by atoms with E-state index in [0.717, 1.165) is 54.3 Å². The second-order valence-corrected chi connectivity index (χ2v) is 9.20. The number of aliphatic hydroxyl groups excluding tert-OH is 1. The van der Waals surface area contributed by atoms with E-state index < -0.39 is 5.60 Å². The molecule has 0 amide bonds. The molecule has 4 rings (SSSR count). The molecule has 0 aromatic heterocycles. The third-order valence-corrected chi connectivity index (χ3v) is 7.99. The van der Waals surface area contributed by atoms with Crippen LogP contribution in [0.1, 0.15) is 58.8 Å². The van der Waals surface area contributed by atoms with Crippen molar-refractivity contribution in [3.8, 4) is 0 Å². The molecule has 2 nitrogen and oxygen atoms in total. The van der Waals surface area contributed by atoms with Crippen molar-refractivity contribution >= 4 is 0 Å². The zero-order valence-corrected chi connectivity index (χ0v) is 13.7. The minimum Gasteiger partial charge on any atom is -0.396 e. The molecule has 0 aliphatic heterocycles. The highest BCUT2D eigenvalue weighted by atomic mass is 16.3. The molecule has 4 aliphatic rings. The Labute approximate surface area is 129 Å². The summed E-state index contributed by atoms with van der Waals surface area (Å²) < 4.78 is 0. The van der Waals surface area contributed by atoms with Crippen molar-refractivity contribution in [2.75, 3.05) is 6.61 Å². The SMILES string of the molecule is C[C@@H]1C[C@H]2[C@@H](CC[C@@H]3C[C@](C)(O)CC[C@@H]32)[C@@H]2C[C@H](CO)[C@H]21. The van der Waals surface area contributed by atoms with Gasteiger partial charge in [0.15, 0.2) is 0 Å². The van der Waals surface area contributed by atoms with Gasteiger partial charge in [-0.15, -0.1) is 0 Å². The lowest BCUT2D eigenvalue weighted by Crippen LogP contribution is -2.56. The second-order valence-electron chi connectivity index (χ2n) is 9.20. The highest BCUT2D eigenvalue weighted by Gasteiger charge is 2.56. The molecule has 0 bridgehead atoms. The molecule has 4 fully saturated rings. The lowest BCUT2D eigenvalue weighted by Gasteiger charge is -2.62. The fourth-order valence-corrected chi connectivity index (χ4v) is 7.18.